The molecule has 0 aliphatic heterocycles. The number of hydrogen-bond acceptors (Lipinski definition) is 2. The first-order chi connectivity index (χ1) is 5.00. The fraction of sp³-hybridized carbons (Fsp3) is 0.625. The minimum atomic E-state index is 0.366. The van der Waals surface area contributed by atoms with Gasteiger partial charge in [-0.2, -0.15) is 0 Å². The van der Waals surface area contributed by atoms with E-state index in [0.717, 1.165) is 12.2 Å². The summed E-state index contributed by atoms with van der Waals surface area (Å²) in [6.07, 6.45) is 0.751. The SMILES string of the molecule is C=C(N(C)C=O)N(C)C(C)C. The number of amides is 1. The van der Waals surface area contributed by atoms with Gasteiger partial charge in [-0.15, -0.1) is 0 Å². The summed E-state index contributed by atoms with van der Waals surface area (Å²) in [7, 11) is 3.60. The molecule has 0 heterocycles. The van der Waals surface area contributed by atoms with E-state index in [-0.39, 0.29) is 0 Å². The van der Waals surface area contributed by atoms with Gasteiger partial charge in [0.15, 0.2) is 0 Å². The summed E-state index contributed by atoms with van der Waals surface area (Å²) in [6.45, 7) is 7.86. The lowest BCUT2D eigenvalue weighted by Crippen LogP contribution is -2.33. The normalized spacial score (nSPS) is 9.55. The van der Waals surface area contributed by atoms with Gasteiger partial charge in [-0.3, -0.25) is 4.79 Å². The van der Waals surface area contributed by atoms with E-state index in [0.29, 0.717) is 6.04 Å². The van der Waals surface area contributed by atoms with Crippen LogP contribution in [0.5, 0.6) is 0 Å². The van der Waals surface area contributed by atoms with E-state index in [1.165, 1.54) is 4.90 Å². The van der Waals surface area contributed by atoms with Crippen molar-refractivity contribution < 1.29 is 4.79 Å². The molecule has 11 heavy (non-hydrogen) atoms. The van der Waals surface area contributed by atoms with Gasteiger partial charge in [0.05, 0.1) is 0 Å². The fourth-order valence-corrected chi connectivity index (χ4v) is 0.608. The Bertz CT molecular complexity index is 154. The smallest absolute Gasteiger partial charge is 0.214 e. The van der Waals surface area contributed by atoms with Crippen LogP contribution in [0.15, 0.2) is 12.4 Å². The van der Waals surface area contributed by atoms with Crippen molar-refractivity contribution in [2.45, 2.75) is 19.9 Å². The van der Waals surface area contributed by atoms with Crippen LogP contribution in [0, 0.1) is 0 Å². The molecule has 0 aliphatic carbocycles. The van der Waals surface area contributed by atoms with Crippen LogP contribution in [0.25, 0.3) is 0 Å². The second-order valence-corrected chi connectivity index (χ2v) is 2.84. The highest BCUT2D eigenvalue weighted by molar-refractivity contribution is 5.49. The molecule has 0 rings (SSSR count). The molecule has 0 radical (unpaired) electrons. The average molecular weight is 156 g/mol. The predicted octanol–water partition coefficient (Wildman–Crippen LogP) is 0.886. The third-order valence-corrected chi connectivity index (χ3v) is 1.75. The summed E-state index contributed by atoms with van der Waals surface area (Å²) in [5.74, 6) is 0.718. The van der Waals surface area contributed by atoms with Gasteiger partial charge in [-0.1, -0.05) is 6.58 Å². The molecular weight excluding hydrogens is 140 g/mol. The van der Waals surface area contributed by atoms with Gasteiger partial charge in [-0.05, 0) is 13.8 Å². The van der Waals surface area contributed by atoms with Gasteiger partial charge in [0.2, 0.25) is 6.41 Å². The maximum atomic E-state index is 10.3. The van der Waals surface area contributed by atoms with Crippen molar-refractivity contribution in [3.05, 3.63) is 12.4 Å². The molecule has 0 spiro atoms. The molecule has 0 fully saturated rings. The van der Waals surface area contributed by atoms with Crippen molar-refractivity contribution in [1.82, 2.24) is 9.80 Å². The van der Waals surface area contributed by atoms with Crippen molar-refractivity contribution in [1.29, 1.82) is 0 Å². The summed E-state index contributed by atoms with van der Waals surface area (Å²) in [5.41, 5.74) is 0. The number of carbonyl (C=O) groups is 1. The molecule has 0 aliphatic rings. The summed E-state index contributed by atoms with van der Waals surface area (Å²) >= 11 is 0. The largest absolute Gasteiger partial charge is 0.359 e. The Morgan fingerprint density at radius 2 is 1.91 bits per heavy atom. The Balaban J connectivity index is 4.12. The quantitative estimate of drug-likeness (QED) is 0.564. The maximum absolute atomic E-state index is 10.3. The first-order valence-corrected chi connectivity index (χ1v) is 3.60. The zero-order valence-electron chi connectivity index (χ0n) is 7.66. The zero-order valence-corrected chi connectivity index (χ0v) is 7.66. The van der Waals surface area contributed by atoms with Gasteiger partial charge < -0.3 is 9.80 Å². The van der Waals surface area contributed by atoms with Crippen molar-refractivity contribution >= 4 is 6.41 Å². The summed E-state index contributed by atoms with van der Waals surface area (Å²) in [6, 6.07) is 0.366. The molecule has 3 heteroatoms. The monoisotopic (exact) mass is 156 g/mol. The van der Waals surface area contributed by atoms with Crippen LogP contribution in [0.2, 0.25) is 0 Å². The highest BCUT2D eigenvalue weighted by Crippen LogP contribution is 2.05. The molecule has 0 bridgehead atoms. The molecule has 0 saturated heterocycles. The van der Waals surface area contributed by atoms with Crippen LogP contribution in [0.3, 0.4) is 0 Å². The van der Waals surface area contributed by atoms with Crippen molar-refractivity contribution in [2.24, 2.45) is 0 Å². The van der Waals surface area contributed by atoms with Gasteiger partial charge >= 0.3 is 0 Å². The lowest BCUT2D eigenvalue weighted by Gasteiger charge is -2.29. The molecule has 0 aromatic rings. The van der Waals surface area contributed by atoms with Crippen molar-refractivity contribution in [2.75, 3.05) is 14.1 Å². The molecule has 64 valence electrons. The average Bonchev–Trinajstić information content (AvgIpc) is 2.00. The summed E-state index contributed by atoms with van der Waals surface area (Å²) < 4.78 is 0. The molecular formula is C8H16N2O. The molecule has 0 unspecified atom stereocenters. The first-order valence-electron chi connectivity index (χ1n) is 3.60. The van der Waals surface area contributed by atoms with Crippen molar-refractivity contribution in [3.63, 3.8) is 0 Å². The van der Waals surface area contributed by atoms with E-state index in [1.807, 2.05) is 25.8 Å². The Kier molecular flexibility index (Phi) is 3.65. The van der Waals surface area contributed by atoms with Gasteiger partial charge in [-0.25, -0.2) is 0 Å². The second kappa shape index (κ2) is 4.01. The maximum Gasteiger partial charge on any atom is 0.214 e. The van der Waals surface area contributed by atoms with Gasteiger partial charge in [0.1, 0.15) is 5.82 Å². The van der Waals surface area contributed by atoms with E-state index in [4.69, 9.17) is 0 Å². The molecule has 1 amide bonds. The van der Waals surface area contributed by atoms with Gasteiger partial charge in [0, 0.05) is 20.1 Å². The lowest BCUT2D eigenvalue weighted by atomic mass is 10.3. The molecule has 0 aromatic heterocycles. The minimum Gasteiger partial charge on any atom is -0.359 e. The third-order valence-electron chi connectivity index (χ3n) is 1.75. The molecule has 0 aromatic carbocycles. The number of carbonyl (C=O) groups excluding carboxylic acids is 1. The number of hydrogen-bond donors (Lipinski definition) is 0. The van der Waals surface area contributed by atoms with Crippen molar-refractivity contribution in [3.8, 4) is 0 Å². The van der Waals surface area contributed by atoms with Crippen LogP contribution in [-0.2, 0) is 4.79 Å². The number of nitrogens with zero attached hydrogens (tertiary/aromatic N) is 2. The van der Waals surface area contributed by atoms with Crippen LogP contribution in [0.1, 0.15) is 13.8 Å². The third kappa shape index (κ3) is 2.62. The Labute approximate surface area is 68.3 Å². The van der Waals surface area contributed by atoms with E-state index in [2.05, 4.69) is 6.58 Å². The molecule has 3 nitrogen and oxygen atoms in total. The van der Waals surface area contributed by atoms with E-state index in [1.54, 1.807) is 7.05 Å². The van der Waals surface area contributed by atoms with E-state index >= 15 is 0 Å². The highest BCUT2D eigenvalue weighted by atomic mass is 16.1. The number of rotatable bonds is 4. The van der Waals surface area contributed by atoms with Crippen LogP contribution < -0.4 is 0 Å². The molecule has 0 atom stereocenters. The van der Waals surface area contributed by atoms with Crippen LogP contribution in [0.4, 0.5) is 0 Å². The topological polar surface area (TPSA) is 23.6 Å². The summed E-state index contributed by atoms with van der Waals surface area (Å²) in [4.78, 5) is 13.7. The molecule has 0 N–H and O–H groups in total. The lowest BCUT2D eigenvalue weighted by molar-refractivity contribution is -0.116. The standard InChI is InChI=1S/C8H16N2O/c1-7(2)10(5)8(3)9(4)6-11/h6-7H,3H2,1-2,4-5H3. The Hall–Kier alpha value is -0.990. The van der Waals surface area contributed by atoms with Crippen LogP contribution in [-0.4, -0.2) is 36.3 Å². The summed E-state index contributed by atoms with van der Waals surface area (Å²) in [5, 5.41) is 0. The predicted molar refractivity (Wildman–Crippen MR) is 45.9 cm³/mol. The Morgan fingerprint density at radius 3 is 2.18 bits per heavy atom. The van der Waals surface area contributed by atoms with Gasteiger partial charge in [0.25, 0.3) is 0 Å². The zero-order chi connectivity index (χ0) is 9.02. The van der Waals surface area contributed by atoms with E-state index in [9.17, 15) is 4.79 Å². The first kappa shape index (κ1) is 10.0. The highest BCUT2D eigenvalue weighted by Gasteiger charge is 2.08. The second-order valence-electron chi connectivity index (χ2n) is 2.84. The fourth-order valence-electron chi connectivity index (χ4n) is 0.608. The van der Waals surface area contributed by atoms with Crippen LogP contribution >= 0.6 is 0 Å². The Morgan fingerprint density at radius 1 is 1.45 bits per heavy atom. The minimum absolute atomic E-state index is 0.366. The molecule has 0 saturated carbocycles. The van der Waals surface area contributed by atoms with E-state index < -0.39 is 0 Å².